The SMILES string of the molecule is CCOC(=O)C1(C(=O)OCC)CN(C)C1. The monoisotopic (exact) mass is 215 g/mol. The minimum atomic E-state index is -1.08. The first-order chi connectivity index (χ1) is 7.06. The zero-order valence-corrected chi connectivity index (χ0v) is 9.41. The van der Waals surface area contributed by atoms with Gasteiger partial charge in [0.25, 0.3) is 0 Å². The van der Waals surface area contributed by atoms with Crippen LogP contribution in [0.5, 0.6) is 0 Å². The van der Waals surface area contributed by atoms with Gasteiger partial charge in [0.05, 0.1) is 13.2 Å². The van der Waals surface area contributed by atoms with Crippen LogP contribution in [0.1, 0.15) is 13.8 Å². The summed E-state index contributed by atoms with van der Waals surface area (Å²) >= 11 is 0. The van der Waals surface area contributed by atoms with Crippen LogP contribution >= 0.6 is 0 Å². The highest BCUT2D eigenvalue weighted by atomic mass is 16.6. The van der Waals surface area contributed by atoms with E-state index in [9.17, 15) is 9.59 Å². The van der Waals surface area contributed by atoms with Crippen molar-refractivity contribution in [3.8, 4) is 0 Å². The van der Waals surface area contributed by atoms with Gasteiger partial charge in [-0.15, -0.1) is 0 Å². The zero-order chi connectivity index (χ0) is 11.5. The van der Waals surface area contributed by atoms with Gasteiger partial charge < -0.3 is 14.4 Å². The molecule has 0 radical (unpaired) electrons. The van der Waals surface area contributed by atoms with Gasteiger partial charge in [-0.3, -0.25) is 9.59 Å². The molecule has 0 aromatic carbocycles. The molecule has 0 saturated carbocycles. The molecule has 5 nitrogen and oxygen atoms in total. The molecule has 1 heterocycles. The van der Waals surface area contributed by atoms with Gasteiger partial charge in [0.1, 0.15) is 0 Å². The summed E-state index contributed by atoms with van der Waals surface area (Å²) in [6.45, 7) is 4.76. The quantitative estimate of drug-likeness (QED) is 0.489. The topological polar surface area (TPSA) is 55.8 Å². The second kappa shape index (κ2) is 4.61. The molecule has 1 rings (SSSR count). The number of carbonyl (C=O) groups is 2. The van der Waals surface area contributed by atoms with Gasteiger partial charge in [0.2, 0.25) is 0 Å². The van der Waals surface area contributed by atoms with E-state index in [0.717, 1.165) is 0 Å². The lowest BCUT2D eigenvalue weighted by Crippen LogP contribution is -2.64. The Morgan fingerprint density at radius 1 is 1.13 bits per heavy atom. The van der Waals surface area contributed by atoms with Crippen molar-refractivity contribution in [2.24, 2.45) is 5.41 Å². The van der Waals surface area contributed by atoms with Crippen molar-refractivity contribution in [3.05, 3.63) is 0 Å². The minimum Gasteiger partial charge on any atom is -0.465 e. The molecule has 0 N–H and O–H groups in total. The smallest absolute Gasteiger partial charge is 0.326 e. The number of hydrogen-bond acceptors (Lipinski definition) is 5. The Hall–Kier alpha value is -1.10. The summed E-state index contributed by atoms with van der Waals surface area (Å²) in [5.41, 5.74) is -1.08. The summed E-state index contributed by atoms with van der Waals surface area (Å²) in [6, 6.07) is 0. The molecule has 0 amide bonds. The predicted molar refractivity (Wildman–Crippen MR) is 53.2 cm³/mol. The lowest BCUT2D eigenvalue weighted by atomic mass is 9.80. The number of carbonyl (C=O) groups excluding carboxylic acids is 2. The third-order valence-corrected chi connectivity index (χ3v) is 2.41. The molecular formula is C10H17NO4. The molecule has 0 aromatic rings. The van der Waals surface area contributed by atoms with E-state index in [2.05, 4.69) is 0 Å². The molecule has 0 aromatic heterocycles. The van der Waals surface area contributed by atoms with Gasteiger partial charge in [-0.25, -0.2) is 0 Å². The van der Waals surface area contributed by atoms with Crippen LogP contribution in [-0.2, 0) is 19.1 Å². The van der Waals surface area contributed by atoms with Gasteiger partial charge in [0, 0.05) is 13.1 Å². The van der Waals surface area contributed by atoms with Crippen molar-refractivity contribution in [1.82, 2.24) is 4.90 Å². The molecule has 0 spiro atoms. The second-order valence-electron chi connectivity index (χ2n) is 3.70. The van der Waals surface area contributed by atoms with Crippen LogP contribution < -0.4 is 0 Å². The summed E-state index contributed by atoms with van der Waals surface area (Å²) < 4.78 is 9.80. The Labute approximate surface area is 89.3 Å². The van der Waals surface area contributed by atoms with Crippen molar-refractivity contribution in [2.45, 2.75) is 13.8 Å². The average molecular weight is 215 g/mol. The van der Waals surface area contributed by atoms with Gasteiger partial charge in [-0.05, 0) is 20.9 Å². The van der Waals surface area contributed by atoms with Crippen molar-refractivity contribution >= 4 is 11.9 Å². The van der Waals surface area contributed by atoms with Crippen molar-refractivity contribution in [1.29, 1.82) is 0 Å². The first-order valence-corrected chi connectivity index (χ1v) is 5.09. The van der Waals surface area contributed by atoms with E-state index in [1.807, 2.05) is 11.9 Å². The molecule has 0 atom stereocenters. The number of rotatable bonds is 4. The van der Waals surface area contributed by atoms with Gasteiger partial charge in [-0.2, -0.15) is 0 Å². The summed E-state index contributed by atoms with van der Waals surface area (Å²) in [4.78, 5) is 25.2. The average Bonchev–Trinajstić information content (AvgIpc) is 2.13. The van der Waals surface area contributed by atoms with Crippen LogP contribution in [-0.4, -0.2) is 50.2 Å². The normalized spacial score (nSPS) is 19.1. The molecule has 15 heavy (non-hydrogen) atoms. The molecule has 1 fully saturated rings. The lowest BCUT2D eigenvalue weighted by molar-refractivity contribution is -0.184. The Bertz CT molecular complexity index is 238. The first-order valence-electron chi connectivity index (χ1n) is 5.09. The van der Waals surface area contributed by atoms with Crippen molar-refractivity contribution in [3.63, 3.8) is 0 Å². The van der Waals surface area contributed by atoms with Gasteiger partial charge in [0.15, 0.2) is 5.41 Å². The Morgan fingerprint density at radius 2 is 1.53 bits per heavy atom. The first kappa shape index (κ1) is 12.0. The largest absolute Gasteiger partial charge is 0.465 e. The number of ether oxygens (including phenoxy) is 2. The molecule has 86 valence electrons. The fourth-order valence-corrected chi connectivity index (χ4v) is 1.76. The molecule has 0 aliphatic carbocycles. The van der Waals surface area contributed by atoms with Crippen LogP contribution in [0, 0.1) is 5.41 Å². The molecule has 1 aliphatic rings. The third-order valence-electron chi connectivity index (χ3n) is 2.41. The highest BCUT2D eigenvalue weighted by Crippen LogP contribution is 2.32. The van der Waals surface area contributed by atoms with E-state index in [4.69, 9.17) is 9.47 Å². The van der Waals surface area contributed by atoms with Crippen LogP contribution in [0.4, 0.5) is 0 Å². The minimum absolute atomic E-state index is 0.281. The van der Waals surface area contributed by atoms with Crippen molar-refractivity contribution < 1.29 is 19.1 Å². The number of likely N-dealkylation sites (tertiary alicyclic amines) is 1. The predicted octanol–water partition coefficient (Wildman–Crippen LogP) is 0.0444. The van der Waals surface area contributed by atoms with E-state index in [0.29, 0.717) is 13.1 Å². The van der Waals surface area contributed by atoms with E-state index in [1.165, 1.54) is 0 Å². The maximum absolute atomic E-state index is 11.7. The Balaban J connectivity index is 2.71. The summed E-state index contributed by atoms with van der Waals surface area (Å²) in [5.74, 6) is -0.942. The summed E-state index contributed by atoms with van der Waals surface area (Å²) in [7, 11) is 1.84. The second-order valence-corrected chi connectivity index (χ2v) is 3.70. The third kappa shape index (κ3) is 2.12. The fourth-order valence-electron chi connectivity index (χ4n) is 1.76. The van der Waals surface area contributed by atoms with E-state index in [1.54, 1.807) is 13.8 Å². The highest BCUT2D eigenvalue weighted by Gasteiger charge is 2.56. The molecule has 0 unspecified atom stereocenters. The molecule has 1 aliphatic heterocycles. The van der Waals surface area contributed by atoms with E-state index < -0.39 is 17.4 Å². The molecular weight excluding hydrogens is 198 g/mol. The van der Waals surface area contributed by atoms with Crippen LogP contribution in [0.2, 0.25) is 0 Å². The maximum Gasteiger partial charge on any atom is 0.326 e. The summed E-state index contributed by atoms with van der Waals surface area (Å²) in [5, 5.41) is 0. The van der Waals surface area contributed by atoms with Crippen molar-refractivity contribution in [2.75, 3.05) is 33.4 Å². The van der Waals surface area contributed by atoms with E-state index >= 15 is 0 Å². The molecule has 5 heteroatoms. The van der Waals surface area contributed by atoms with Crippen LogP contribution in [0.25, 0.3) is 0 Å². The molecule has 1 saturated heterocycles. The molecule has 0 bridgehead atoms. The lowest BCUT2D eigenvalue weighted by Gasteiger charge is -2.43. The zero-order valence-electron chi connectivity index (χ0n) is 9.41. The highest BCUT2D eigenvalue weighted by molar-refractivity contribution is 6.01. The standard InChI is InChI=1S/C10H17NO4/c1-4-14-8(12)10(6-11(3)7-10)9(13)15-5-2/h4-7H2,1-3H3. The van der Waals surface area contributed by atoms with E-state index in [-0.39, 0.29) is 13.2 Å². The van der Waals surface area contributed by atoms with Gasteiger partial charge in [-0.1, -0.05) is 0 Å². The Morgan fingerprint density at radius 3 is 1.80 bits per heavy atom. The number of nitrogens with zero attached hydrogens (tertiary/aromatic N) is 1. The van der Waals surface area contributed by atoms with Crippen LogP contribution in [0.3, 0.4) is 0 Å². The fraction of sp³-hybridized carbons (Fsp3) is 0.800. The van der Waals surface area contributed by atoms with Gasteiger partial charge >= 0.3 is 11.9 Å². The maximum atomic E-state index is 11.7. The Kier molecular flexibility index (Phi) is 3.68. The summed E-state index contributed by atoms with van der Waals surface area (Å²) in [6.07, 6.45) is 0. The number of hydrogen-bond donors (Lipinski definition) is 0. The van der Waals surface area contributed by atoms with Crippen LogP contribution in [0.15, 0.2) is 0 Å². The number of esters is 2.